The Morgan fingerprint density at radius 2 is 1.95 bits per heavy atom. The van der Waals surface area contributed by atoms with Gasteiger partial charge in [0.2, 0.25) is 0 Å². The average molecular weight is 574 g/mol. The van der Waals surface area contributed by atoms with Crippen LogP contribution in [0.3, 0.4) is 0 Å². The van der Waals surface area contributed by atoms with Crippen molar-refractivity contribution >= 4 is 34.7 Å². The number of fused-ring (bicyclic) bond motifs is 1. The molecule has 0 spiro atoms. The lowest BCUT2D eigenvalue weighted by Crippen LogP contribution is -2.45. The average Bonchev–Trinajstić information content (AvgIpc) is 3.42. The number of carbonyl (C=O) groups excluding carboxylic acids is 2. The minimum absolute atomic E-state index is 0.192. The molecule has 0 bridgehead atoms. The second-order valence-corrected chi connectivity index (χ2v) is 10.0. The van der Waals surface area contributed by atoms with Gasteiger partial charge in [-0.05, 0) is 42.7 Å². The maximum Gasteiger partial charge on any atom is 0.272 e. The molecule has 5 rings (SSSR count). The largest absolute Gasteiger partial charge is 0.497 e. The van der Waals surface area contributed by atoms with Gasteiger partial charge in [-0.25, -0.2) is 18.7 Å². The monoisotopic (exact) mass is 573 g/mol. The van der Waals surface area contributed by atoms with Gasteiger partial charge in [0.25, 0.3) is 5.91 Å². The number of likely N-dealkylation sites (N-methyl/N-ethyl adjacent to an activating group) is 1. The Balaban J connectivity index is 1.53. The third-order valence-corrected chi connectivity index (χ3v) is 7.23. The zero-order valence-corrected chi connectivity index (χ0v) is 23.8. The summed E-state index contributed by atoms with van der Waals surface area (Å²) in [5.74, 6) is 2.54. The number of anilines is 3. The Morgan fingerprint density at radius 3 is 2.67 bits per heavy atom. The zero-order valence-electron chi connectivity index (χ0n) is 23.8. The van der Waals surface area contributed by atoms with E-state index in [1.165, 1.54) is 30.0 Å². The number of rotatable bonds is 9. The summed E-state index contributed by atoms with van der Waals surface area (Å²) >= 11 is 0. The predicted molar refractivity (Wildman–Crippen MR) is 157 cm³/mol. The molecule has 0 unspecified atom stereocenters. The first kappa shape index (κ1) is 28.4. The van der Waals surface area contributed by atoms with Crippen LogP contribution >= 0.6 is 0 Å². The number of nitrogens with one attached hydrogen (secondary N) is 2. The first-order valence-corrected chi connectivity index (χ1v) is 13.4. The van der Waals surface area contributed by atoms with Crippen LogP contribution in [0, 0.1) is 5.82 Å². The van der Waals surface area contributed by atoms with E-state index in [-0.39, 0.29) is 5.69 Å². The molecule has 0 saturated carbocycles. The summed E-state index contributed by atoms with van der Waals surface area (Å²) in [4.78, 5) is 33.5. The molecule has 2 N–H and O–H groups in total. The molecule has 3 heterocycles. The van der Waals surface area contributed by atoms with E-state index in [4.69, 9.17) is 9.47 Å². The standard InChI is InChI=1S/C30H32FN7O4/c1-36-13-5-6-22(26(36)18-39)34-30(40)25-16-32-29-24(37(2)17-19-7-10-21(41-3)11-8-19)15-28(35-38(25)29)33-23-12-9-20(31)14-27(23)42-4/h7-12,14-16,22H,5-6,13,17H2,1-4H3,(H,33,35)(H,34,40)/t22-/m1/s1. The van der Waals surface area contributed by atoms with E-state index >= 15 is 0 Å². The molecule has 2 aromatic carbocycles. The SMILES string of the molecule is COc1ccc(CN(C)c2cc(Nc3ccc(F)cc3OC)nn3c(C(=O)N[C@@H]4CCCN(C)C4=C=O)cnc23)cc1. The summed E-state index contributed by atoms with van der Waals surface area (Å²) in [6, 6.07) is 13.2. The van der Waals surface area contributed by atoms with Crippen molar-refractivity contribution in [2.24, 2.45) is 0 Å². The maximum atomic E-state index is 13.9. The summed E-state index contributed by atoms with van der Waals surface area (Å²) in [6.07, 6.45) is 2.91. The predicted octanol–water partition coefficient (Wildman–Crippen LogP) is 3.81. The Kier molecular flexibility index (Phi) is 8.26. The van der Waals surface area contributed by atoms with Crippen LogP contribution in [0.1, 0.15) is 28.9 Å². The van der Waals surface area contributed by atoms with Gasteiger partial charge < -0.3 is 29.9 Å². The molecule has 0 radical (unpaired) electrons. The van der Waals surface area contributed by atoms with Crippen LogP contribution in [0.15, 0.2) is 60.4 Å². The van der Waals surface area contributed by atoms with Gasteiger partial charge in [-0.15, -0.1) is 5.10 Å². The highest BCUT2D eigenvalue weighted by atomic mass is 19.1. The van der Waals surface area contributed by atoms with Gasteiger partial charge in [0, 0.05) is 39.3 Å². The molecule has 1 fully saturated rings. The normalized spacial score (nSPS) is 14.8. The maximum absolute atomic E-state index is 13.9. The summed E-state index contributed by atoms with van der Waals surface area (Å²) < 4.78 is 25.9. The molecule has 1 aliphatic rings. The zero-order chi connectivity index (χ0) is 29.8. The van der Waals surface area contributed by atoms with Crippen molar-refractivity contribution in [2.45, 2.75) is 25.4 Å². The van der Waals surface area contributed by atoms with Gasteiger partial charge in [0.05, 0.1) is 37.8 Å². The van der Waals surface area contributed by atoms with Gasteiger partial charge in [-0.1, -0.05) is 12.1 Å². The molecule has 218 valence electrons. The summed E-state index contributed by atoms with van der Waals surface area (Å²) in [7, 11) is 6.79. The van der Waals surface area contributed by atoms with E-state index in [1.54, 1.807) is 31.2 Å². The molecule has 2 aromatic heterocycles. The van der Waals surface area contributed by atoms with E-state index in [0.29, 0.717) is 47.3 Å². The Labute approximate surface area is 242 Å². The third kappa shape index (κ3) is 5.84. The van der Waals surface area contributed by atoms with Crippen molar-refractivity contribution in [3.05, 3.63) is 77.5 Å². The second kappa shape index (κ2) is 12.2. The second-order valence-electron chi connectivity index (χ2n) is 10.0. The topological polar surface area (TPSA) is 113 Å². The number of hydrogen-bond donors (Lipinski definition) is 2. The number of likely N-dealkylation sites (tertiary alicyclic amines) is 1. The highest BCUT2D eigenvalue weighted by molar-refractivity contribution is 5.94. The molecule has 1 aliphatic heterocycles. The molecule has 1 atom stereocenters. The molecule has 1 saturated heterocycles. The smallest absolute Gasteiger partial charge is 0.272 e. The van der Waals surface area contributed by atoms with Crippen molar-refractivity contribution in [3.63, 3.8) is 0 Å². The van der Waals surface area contributed by atoms with Crippen molar-refractivity contribution < 1.29 is 23.5 Å². The molecule has 4 aromatic rings. The Bertz CT molecular complexity index is 1650. The molecule has 12 heteroatoms. The number of carbonyl (C=O) groups is 1. The number of aromatic nitrogens is 3. The number of ether oxygens (including phenoxy) is 2. The number of piperidine rings is 1. The third-order valence-electron chi connectivity index (χ3n) is 7.23. The van der Waals surface area contributed by atoms with Gasteiger partial charge in [0.1, 0.15) is 29.0 Å². The lowest BCUT2D eigenvalue weighted by atomic mass is 10.0. The lowest BCUT2D eigenvalue weighted by Gasteiger charge is -2.32. The van der Waals surface area contributed by atoms with Crippen LogP contribution in [-0.4, -0.2) is 72.2 Å². The van der Waals surface area contributed by atoms with Crippen LogP contribution in [0.25, 0.3) is 5.65 Å². The van der Waals surface area contributed by atoms with E-state index in [0.717, 1.165) is 24.3 Å². The summed E-state index contributed by atoms with van der Waals surface area (Å²) in [5.41, 5.74) is 3.27. The number of methoxy groups -OCH3 is 2. The Morgan fingerprint density at radius 1 is 1.17 bits per heavy atom. The van der Waals surface area contributed by atoms with Gasteiger partial charge in [-0.3, -0.25) is 4.79 Å². The molecular formula is C30H32FN7O4. The minimum atomic E-state index is -0.471. The molecule has 1 amide bonds. The minimum Gasteiger partial charge on any atom is -0.497 e. The number of amides is 1. The fraction of sp³-hybridized carbons (Fsp3) is 0.300. The lowest BCUT2D eigenvalue weighted by molar-refractivity contribution is 0.0923. The first-order valence-electron chi connectivity index (χ1n) is 13.4. The van der Waals surface area contributed by atoms with E-state index in [1.807, 2.05) is 42.2 Å². The Hall–Kier alpha value is -5.09. The van der Waals surface area contributed by atoms with Crippen LogP contribution in [-0.2, 0) is 11.3 Å². The molecule has 11 nitrogen and oxygen atoms in total. The molecular weight excluding hydrogens is 541 g/mol. The van der Waals surface area contributed by atoms with Gasteiger partial charge in [0.15, 0.2) is 17.2 Å². The quantitative estimate of drug-likeness (QED) is 0.289. The van der Waals surface area contributed by atoms with E-state index in [2.05, 4.69) is 20.7 Å². The van der Waals surface area contributed by atoms with Gasteiger partial charge >= 0.3 is 0 Å². The van der Waals surface area contributed by atoms with Crippen molar-refractivity contribution in [3.8, 4) is 11.5 Å². The fourth-order valence-corrected chi connectivity index (χ4v) is 5.02. The van der Waals surface area contributed by atoms with Crippen LogP contribution < -0.4 is 25.0 Å². The fourth-order valence-electron chi connectivity index (χ4n) is 5.02. The number of nitrogens with zero attached hydrogens (tertiary/aromatic N) is 5. The van der Waals surface area contributed by atoms with E-state index in [9.17, 15) is 14.0 Å². The van der Waals surface area contributed by atoms with Crippen molar-refractivity contribution in [1.29, 1.82) is 0 Å². The van der Waals surface area contributed by atoms with Crippen LogP contribution in [0.4, 0.5) is 21.6 Å². The van der Waals surface area contributed by atoms with Gasteiger partial charge in [-0.2, -0.15) is 0 Å². The highest BCUT2D eigenvalue weighted by Gasteiger charge is 2.28. The van der Waals surface area contributed by atoms with Crippen molar-refractivity contribution in [2.75, 3.05) is 45.1 Å². The first-order chi connectivity index (χ1) is 20.3. The van der Waals surface area contributed by atoms with Crippen LogP contribution in [0.2, 0.25) is 0 Å². The van der Waals surface area contributed by atoms with Crippen LogP contribution in [0.5, 0.6) is 11.5 Å². The number of imidazole rings is 1. The summed E-state index contributed by atoms with van der Waals surface area (Å²) in [6.45, 7) is 1.25. The number of benzene rings is 2. The molecule has 0 aliphatic carbocycles. The molecule has 42 heavy (non-hydrogen) atoms. The summed E-state index contributed by atoms with van der Waals surface area (Å²) in [5, 5.41) is 10.8. The number of halogens is 1. The number of hydrogen-bond acceptors (Lipinski definition) is 9. The van der Waals surface area contributed by atoms with E-state index < -0.39 is 17.8 Å². The highest BCUT2D eigenvalue weighted by Crippen LogP contribution is 2.31. The van der Waals surface area contributed by atoms with Crippen molar-refractivity contribution in [1.82, 2.24) is 24.8 Å².